The minimum atomic E-state index is -0.939. The SMILES string of the molecule is Cn1ccnc1C(O)c1cccc(F)c1N1CCN(CC2CCCCC2)CC1. The maximum absolute atomic E-state index is 14.8. The minimum Gasteiger partial charge on any atom is -0.380 e. The van der Waals surface area contributed by atoms with Crippen LogP contribution in [0, 0.1) is 11.7 Å². The summed E-state index contributed by atoms with van der Waals surface area (Å²) in [6, 6.07) is 4.96. The highest BCUT2D eigenvalue weighted by Crippen LogP contribution is 2.33. The van der Waals surface area contributed by atoms with Crippen LogP contribution >= 0.6 is 0 Å². The first-order chi connectivity index (χ1) is 13.6. The van der Waals surface area contributed by atoms with E-state index < -0.39 is 6.10 Å². The number of anilines is 1. The fourth-order valence-corrected chi connectivity index (χ4v) is 4.75. The van der Waals surface area contributed by atoms with E-state index in [9.17, 15) is 9.50 Å². The molecule has 1 aliphatic heterocycles. The second-order valence-corrected chi connectivity index (χ2v) is 8.27. The standard InChI is InChI=1S/C22H31FN4O/c1-25-11-10-24-22(25)21(28)18-8-5-9-19(23)20(18)27-14-12-26(13-15-27)16-17-6-3-2-4-7-17/h5,8-11,17,21,28H,2-4,6-7,12-16H2,1H3. The molecule has 2 aliphatic rings. The first kappa shape index (κ1) is 19.4. The van der Waals surface area contributed by atoms with Gasteiger partial charge in [-0.1, -0.05) is 31.4 Å². The number of para-hydroxylation sites is 1. The molecule has 5 nitrogen and oxygen atoms in total. The van der Waals surface area contributed by atoms with E-state index in [0.29, 0.717) is 17.1 Å². The molecule has 4 rings (SSSR count). The second kappa shape index (κ2) is 8.62. The molecule has 2 fully saturated rings. The molecule has 1 aliphatic carbocycles. The maximum atomic E-state index is 14.8. The normalized spacial score (nSPS) is 20.5. The highest BCUT2D eigenvalue weighted by molar-refractivity contribution is 5.57. The number of piperazine rings is 1. The molecule has 2 aromatic rings. The topological polar surface area (TPSA) is 44.5 Å². The molecule has 0 radical (unpaired) electrons. The Morgan fingerprint density at radius 1 is 1.14 bits per heavy atom. The van der Waals surface area contributed by atoms with Crippen LogP contribution in [-0.2, 0) is 7.05 Å². The summed E-state index contributed by atoms with van der Waals surface area (Å²) in [5.41, 5.74) is 1.12. The number of aliphatic hydroxyl groups excluding tert-OH is 1. The fraction of sp³-hybridized carbons (Fsp3) is 0.591. The van der Waals surface area contributed by atoms with Crippen molar-refractivity contribution < 1.29 is 9.50 Å². The molecule has 2 heterocycles. The Hall–Kier alpha value is -1.92. The average Bonchev–Trinajstić information content (AvgIpc) is 3.15. The summed E-state index contributed by atoms with van der Waals surface area (Å²) in [5.74, 6) is 1.09. The molecule has 152 valence electrons. The molecule has 0 amide bonds. The molecule has 1 aromatic carbocycles. The van der Waals surface area contributed by atoms with E-state index >= 15 is 0 Å². The van der Waals surface area contributed by atoms with Crippen molar-refractivity contribution >= 4 is 5.69 Å². The zero-order valence-corrected chi connectivity index (χ0v) is 16.7. The van der Waals surface area contributed by atoms with Gasteiger partial charge >= 0.3 is 0 Å². The van der Waals surface area contributed by atoms with Gasteiger partial charge in [-0.2, -0.15) is 0 Å². The van der Waals surface area contributed by atoms with Gasteiger partial charge in [-0.05, 0) is 24.8 Å². The summed E-state index contributed by atoms with van der Waals surface area (Å²) in [6.07, 6.45) is 9.34. The lowest BCUT2D eigenvalue weighted by Gasteiger charge is -2.39. The van der Waals surface area contributed by atoms with E-state index in [0.717, 1.165) is 32.1 Å². The summed E-state index contributed by atoms with van der Waals surface area (Å²) in [7, 11) is 1.84. The van der Waals surface area contributed by atoms with Gasteiger partial charge in [0.15, 0.2) is 0 Å². The Morgan fingerprint density at radius 2 is 1.89 bits per heavy atom. The number of hydrogen-bond donors (Lipinski definition) is 1. The third-order valence-corrected chi connectivity index (χ3v) is 6.35. The number of rotatable bonds is 5. The van der Waals surface area contributed by atoms with E-state index in [1.54, 1.807) is 23.0 Å². The van der Waals surface area contributed by atoms with Crippen molar-refractivity contribution in [2.75, 3.05) is 37.6 Å². The number of aromatic nitrogens is 2. The number of benzene rings is 1. The molecule has 1 saturated carbocycles. The molecule has 1 unspecified atom stereocenters. The predicted molar refractivity (Wildman–Crippen MR) is 109 cm³/mol. The van der Waals surface area contributed by atoms with Gasteiger partial charge in [0, 0.05) is 57.7 Å². The molecule has 6 heteroatoms. The van der Waals surface area contributed by atoms with Gasteiger partial charge in [0.1, 0.15) is 17.7 Å². The van der Waals surface area contributed by atoms with Crippen LogP contribution in [0.5, 0.6) is 0 Å². The van der Waals surface area contributed by atoms with E-state index in [1.165, 1.54) is 44.7 Å². The average molecular weight is 387 g/mol. The van der Waals surface area contributed by atoms with Crippen LogP contribution in [-0.4, -0.2) is 52.3 Å². The zero-order valence-electron chi connectivity index (χ0n) is 16.7. The van der Waals surface area contributed by atoms with Crippen LogP contribution < -0.4 is 4.90 Å². The van der Waals surface area contributed by atoms with Crippen molar-refractivity contribution in [1.29, 1.82) is 0 Å². The molecule has 0 bridgehead atoms. The lowest BCUT2D eigenvalue weighted by molar-refractivity contribution is 0.189. The van der Waals surface area contributed by atoms with E-state index in [1.807, 2.05) is 13.1 Å². The number of nitrogens with zero attached hydrogens (tertiary/aromatic N) is 4. The van der Waals surface area contributed by atoms with Crippen molar-refractivity contribution in [2.45, 2.75) is 38.2 Å². The molecule has 1 atom stereocenters. The van der Waals surface area contributed by atoms with Gasteiger partial charge in [-0.3, -0.25) is 4.90 Å². The molecular formula is C22H31FN4O. The summed E-state index contributed by atoms with van der Waals surface area (Å²) in [6.45, 7) is 4.64. The third kappa shape index (κ3) is 4.08. The molecule has 1 saturated heterocycles. The fourth-order valence-electron chi connectivity index (χ4n) is 4.75. The maximum Gasteiger partial charge on any atom is 0.146 e. The Kier molecular flexibility index (Phi) is 5.97. The summed E-state index contributed by atoms with van der Waals surface area (Å²) < 4.78 is 16.6. The lowest BCUT2D eigenvalue weighted by atomic mass is 9.89. The Balaban J connectivity index is 1.47. The van der Waals surface area contributed by atoms with Gasteiger partial charge in [0.25, 0.3) is 0 Å². The first-order valence-corrected chi connectivity index (χ1v) is 10.5. The van der Waals surface area contributed by atoms with Crippen LogP contribution in [0.25, 0.3) is 0 Å². The summed E-state index contributed by atoms with van der Waals surface area (Å²) >= 11 is 0. The predicted octanol–water partition coefficient (Wildman–Crippen LogP) is 3.34. The molecule has 28 heavy (non-hydrogen) atoms. The van der Waals surface area contributed by atoms with Gasteiger partial charge in [0.05, 0.1) is 5.69 Å². The van der Waals surface area contributed by atoms with Crippen LogP contribution in [0.4, 0.5) is 10.1 Å². The Bertz CT molecular complexity index is 779. The zero-order chi connectivity index (χ0) is 19.5. The second-order valence-electron chi connectivity index (χ2n) is 8.27. The van der Waals surface area contributed by atoms with E-state index in [-0.39, 0.29) is 5.82 Å². The summed E-state index contributed by atoms with van der Waals surface area (Å²) in [5, 5.41) is 10.9. The molecule has 1 N–H and O–H groups in total. The van der Waals surface area contributed by atoms with Crippen LogP contribution in [0.1, 0.15) is 49.6 Å². The first-order valence-electron chi connectivity index (χ1n) is 10.5. The van der Waals surface area contributed by atoms with Gasteiger partial charge in [0.2, 0.25) is 0 Å². The van der Waals surface area contributed by atoms with E-state index in [2.05, 4.69) is 14.8 Å². The minimum absolute atomic E-state index is 0.272. The van der Waals surface area contributed by atoms with Gasteiger partial charge in [-0.25, -0.2) is 9.37 Å². The smallest absolute Gasteiger partial charge is 0.146 e. The number of aryl methyl sites for hydroxylation is 1. The van der Waals surface area contributed by atoms with Crippen LogP contribution in [0.15, 0.2) is 30.6 Å². The summed E-state index contributed by atoms with van der Waals surface area (Å²) in [4.78, 5) is 8.87. The van der Waals surface area contributed by atoms with Crippen LogP contribution in [0.3, 0.4) is 0 Å². The van der Waals surface area contributed by atoms with Crippen LogP contribution in [0.2, 0.25) is 0 Å². The van der Waals surface area contributed by atoms with Crippen molar-refractivity contribution in [3.63, 3.8) is 0 Å². The van der Waals surface area contributed by atoms with Crippen molar-refractivity contribution in [1.82, 2.24) is 14.5 Å². The van der Waals surface area contributed by atoms with Crippen molar-refractivity contribution in [2.24, 2.45) is 13.0 Å². The number of aliphatic hydroxyl groups is 1. The largest absolute Gasteiger partial charge is 0.380 e. The third-order valence-electron chi connectivity index (χ3n) is 6.35. The Morgan fingerprint density at radius 3 is 2.57 bits per heavy atom. The number of halogens is 1. The molecule has 0 spiro atoms. The Labute approximate surface area is 166 Å². The van der Waals surface area contributed by atoms with Crippen molar-refractivity contribution in [3.8, 4) is 0 Å². The van der Waals surface area contributed by atoms with E-state index in [4.69, 9.17) is 0 Å². The van der Waals surface area contributed by atoms with Gasteiger partial charge < -0.3 is 14.6 Å². The van der Waals surface area contributed by atoms with Gasteiger partial charge in [-0.15, -0.1) is 0 Å². The monoisotopic (exact) mass is 386 g/mol. The quantitative estimate of drug-likeness (QED) is 0.856. The lowest BCUT2D eigenvalue weighted by Crippen LogP contribution is -2.48. The van der Waals surface area contributed by atoms with Crippen molar-refractivity contribution in [3.05, 3.63) is 47.8 Å². The molecule has 1 aromatic heterocycles. The molecular weight excluding hydrogens is 355 g/mol. The highest BCUT2D eigenvalue weighted by atomic mass is 19.1. The highest BCUT2D eigenvalue weighted by Gasteiger charge is 2.27. The number of hydrogen-bond acceptors (Lipinski definition) is 4. The number of imidazole rings is 1.